The zero-order valence-corrected chi connectivity index (χ0v) is 12.4. The van der Waals surface area contributed by atoms with Crippen molar-refractivity contribution >= 4 is 5.71 Å². The fourth-order valence-corrected chi connectivity index (χ4v) is 2.59. The molecule has 1 aromatic rings. The highest BCUT2D eigenvalue weighted by Crippen LogP contribution is 2.36. The molecule has 4 heteroatoms. The molecule has 106 valence electrons. The van der Waals surface area contributed by atoms with E-state index in [9.17, 15) is 0 Å². The SMILES string of the molecule is CC1(C)CC(C(C#N)C#N)=CC(=NCc2cccnc2)C1. The van der Waals surface area contributed by atoms with Gasteiger partial charge in [-0.3, -0.25) is 9.98 Å². The van der Waals surface area contributed by atoms with Gasteiger partial charge in [-0.2, -0.15) is 10.5 Å². The molecule has 1 aliphatic carbocycles. The first kappa shape index (κ1) is 14.9. The van der Waals surface area contributed by atoms with Crippen LogP contribution in [-0.4, -0.2) is 10.7 Å². The molecule has 0 saturated carbocycles. The van der Waals surface area contributed by atoms with Gasteiger partial charge in [-0.05, 0) is 41.5 Å². The van der Waals surface area contributed by atoms with Crippen LogP contribution in [0, 0.1) is 34.0 Å². The molecule has 0 aromatic carbocycles. The molecule has 0 radical (unpaired) electrons. The predicted molar refractivity (Wildman–Crippen MR) is 81.2 cm³/mol. The summed E-state index contributed by atoms with van der Waals surface area (Å²) in [6.07, 6.45) is 7.10. The third-order valence-corrected chi connectivity index (χ3v) is 3.51. The number of pyridine rings is 1. The Morgan fingerprint density at radius 2 is 2.10 bits per heavy atom. The van der Waals surface area contributed by atoms with Gasteiger partial charge in [-0.25, -0.2) is 0 Å². The summed E-state index contributed by atoms with van der Waals surface area (Å²) in [6.45, 7) is 4.86. The number of hydrogen-bond acceptors (Lipinski definition) is 4. The number of nitrogens with zero attached hydrogens (tertiary/aromatic N) is 4. The molecular weight excluding hydrogens is 260 g/mol. The van der Waals surface area contributed by atoms with Gasteiger partial charge in [-0.1, -0.05) is 19.9 Å². The maximum atomic E-state index is 9.08. The van der Waals surface area contributed by atoms with Crippen molar-refractivity contribution in [1.29, 1.82) is 10.5 Å². The molecule has 0 saturated heterocycles. The molecule has 0 amide bonds. The van der Waals surface area contributed by atoms with E-state index in [0.717, 1.165) is 29.7 Å². The lowest BCUT2D eigenvalue weighted by Gasteiger charge is -2.31. The molecule has 2 rings (SSSR count). The Balaban J connectivity index is 2.24. The fourth-order valence-electron chi connectivity index (χ4n) is 2.59. The van der Waals surface area contributed by atoms with Gasteiger partial charge in [0.2, 0.25) is 0 Å². The van der Waals surface area contributed by atoms with E-state index in [-0.39, 0.29) is 5.41 Å². The molecule has 0 spiro atoms. The Bertz CT molecular complexity index is 628. The summed E-state index contributed by atoms with van der Waals surface area (Å²) in [4.78, 5) is 8.71. The maximum Gasteiger partial charge on any atom is 0.154 e. The van der Waals surface area contributed by atoms with E-state index in [1.54, 1.807) is 12.4 Å². The zero-order valence-electron chi connectivity index (χ0n) is 12.4. The van der Waals surface area contributed by atoms with E-state index in [1.165, 1.54) is 0 Å². The Kier molecular flexibility index (Phi) is 4.50. The van der Waals surface area contributed by atoms with Crippen LogP contribution in [0.5, 0.6) is 0 Å². The molecule has 0 N–H and O–H groups in total. The lowest BCUT2D eigenvalue weighted by atomic mass is 9.73. The van der Waals surface area contributed by atoms with E-state index in [0.29, 0.717) is 6.54 Å². The van der Waals surface area contributed by atoms with E-state index in [1.807, 2.05) is 18.2 Å². The van der Waals surface area contributed by atoms with Crippen LogP contribution in [0.15, 0.2) is 41.2 Å². The first-order valence-corrected chi connectivity index (χ1v) is 6.96. The summed E-state index contributed by atoms with van der Waals surface area (Å²) >= 11 is 0. The Hall–Kier alpha value is -2.46. The molecule has 1 heterocycles. The quantitative estimate of drug-likeness (QED) is 0.850. The number of hydrogen-bond donors (Lipinski definition) is 0. The minimum Gasteiger partial charge on any atom is -0.285 e. The van der Waals surface area contributed by atoms with Gasteiger partial charge in [0, 0.05) is 18.1 Å². The Labute approximate surface area is 125 Å². The second-order valence-corrected chi connectivity index (χ2v) is 6.10. The van der Waals surface area contributed by atoms with Crippen molar-refractivity contribution in [3.63, 3.8) is 0 Å². The summed E-state index contributed by atoms with van der Waals surface area (Å²) in [5.74, 6) is -0.673. The number of aliphatic imine (C=N–C) groups is 1. The zero-order chi connectivity index (χ0) is 15.3. The van der Waals surface area contributed by atoms with Gasteiger partial charge in [0.1, 0.15) is 0 Å². The molecule has 0 unspecified atom stereocenters. The van der Waals surface area contributed by atoms with E-state index < -0.39 is 5.92 Å². The van der Waals surface area contributed by atoms with Crippen molar-refractivity contribution < 1.29 is 0 Å². The van der Waals surface area contributed by atoms with Crippen molar-refractivity contribution in [1.82, 2.24) is 4.98 Å². The summed E-state index contributed by atoms with van der Waals surface area (Å²) in [6, 6.07) is 8.00. The number of allylic oxidation sites excluding steroid dienone is 2. The van der Waals surface area contributed by atoms with Crippen molar-refractivity contribution in [3.05, 3.63) is 41.7 Å². The Morgan fingerprint density at radius 3 is 2.71 bits per heavy atom. The lowest BCUT2D eigenvalue weighted by Crippen LogP contribution is -2.24. The largest absolute Gasteiger partial charge is 0.285 e. The second-order valence-electron chi connectivity index (χ2n) is 6.10. The van der Waals surface area contributed by atoms with Crippen LogP contribution >= 0.6 is 0 Å². The molecule has 1 aromatic heterocycles. The maximum absolute atomic E-state index is 9.08. The van der Waals surface area contributed by atoms with Crippen LogP contribution in [0.1, 0.15) is 32.3 Å². The molecule has 0 bridgehead atoms. The smallest absolute Gasteiger partial charge is 0.154 e. The molecule has 0 atom stereocenters. The summed E-state index contributed by atoms with van der Waals surface area (Å²) < 4.78 is 0. The first-order valence-electron chi connectivity index (χ1n) is 6.96. The van der Waals surface area contributed by atoms with Crippen LogP contribution in [-0.2, 0) is 6.54 Å². The van der Waals surface area contributed by atoms with Crippen molar-refractivity contribution in [2.24, 2.45) is 16.3 Å². The van der Waals surface area contributed by atoms with Gasteiger partial charge in [0.05, 0.1) is 18.7 Å². The van der Waals surface area contributed by atoms with Gasteiger partial charge in [-0.15, -0.1) is 0 Å². The summed E-state index contributed by atoms with van der Waals surface area (Å²) in [7, 11) is 0. The summed E-state index contributed by atoms with van der Waals surface area (Å²) in [5.41, 5.74) is 2.92. The summed E-state index contributed by atoms with van der Waals surface area (Å²) in [5, 5.41) is 18.2. The van der Waals surface area contributed by atoms with Crippen molar-refractivity contribution in [3.8, 4) is 12.1 Å². The van der Waals surface area contributed by atoms with Gasteiger partial charge >= 0.3 is 0 Å². The molecule has 21 heavy (non-hydrogen) atoms. The van der Waals surface area contributed by atoms with Crippen LogP contribution < -0.4 is 0 Å². The van der Waals surface area contributed by atoms with Crippen LogP contribution in [0.3, 0.4) is 0 Å². The van der Waals surface area contributed by atoms with Crippen molar-refractivity contribution in [2.75, 3.05) is 0 Å². The molecule has 0 aliphatic heterocycles. The average molecular weight is 278 g/mol. The topological polar surface area (TPSA) is 72.8 Å². The average Bonchev–Trinajstić information content (AvgIpc) is 2.46. The third-order valence-electron chi connectivity index (χ3n) is 3.51. The number of aromatic nitrogens is 1. The fraction of sp³-hybridized carbons (Fsp3) is 0.412. The van der Waals surface area contributed by atoms with Gasteiger partial charge in [0.15, 0.2) is 5.92 Å². The van der Waals surface area contributed by atoms with E-state index in [2.05, 4.69) is 36.0 Å². The highest BCUT2D eigenvalue weighted by Gasteiger charge is 2.29. The highest BCUT2D eigenvalue weighted by atomic mass is 14.7. The van der Waals surface area contributed by atoms with Crippen LogP contribution in [0.25, 0.3) is 0 Å². The van der Waals surface area contributed by atoms with Crippen LogP contribution in [0.2, 0.25) is 0 Å². The molecule has 4 nitrogen and oxygen atoms in total. The van der Waals surface area contributed by atoms with Gasteiger partial charge < -0.3 is 0 Å². The third kappa shape index (κ3) is 4.00. The molecule has 0 fully saturated rings. The monoisotopic (exact) mass is 278 g/mol. The highest BCUT2D eigenvalue weighted by molar-refractivity contribution is 5.97. The minimum absolute atomic E-state index is 0.0316. The normalized spacial score (nSPS) is 18.9. The standard InChI is InChI=1S/C17H18N4/c1-17(2)7-14(15(9-18)10-19)6-16(8-17)21-12-13-4-3-5-20-11-13/h3-6,11,15H,7-8,12H2,1-2H3. The lowest BCUT2D eigenvalue weighted by molar-refractivity contribution is 0.366. The minimum atomic E-state index is -0.673. The van der Waals surface area contributed by atoms with Crippen LogP contribution in [0.4, 0.5) is 0 Å². The second kappa shape index (κ2) is 6.33. The number of nitriles is 2. The predicted octanol–water partition coefficient (Wildman–Crippen LogP) is 3.43. The Morgan fingerprint density at radius 1 is 1.33 bits per heavy atom. The van der Waals surface area contributed by atoms with E-state index >= 15 is 0 Å². The number of rotatable bonds is 3. The first-order chi connectivity index (χ1) is 10.0. The van der Waals surface area contributed by atoms with E-state index in [4.69, 9.17) is 10.5 Å². The molecule has 1 aliphatic rings. The van der Waals surface area contributed by atoms with Crippen molar-refractivity contribution in [2.45, 2.75) is 33.2 Å². The van der Waals surface area contributed by atoms with Gasteiger partial charge in [0.25, 0.3) is 0 Å². The molecular formula is C17H18N4.